The maximum Gasteiger partial charge on any atom is 0.270 e. The number of benzene rings is 1. The molecule has 1 aliphatic rings. The van der Waals surface area contributed by atoms with E-state index < -0.39 is 0 Å². The van der Waals surface area contributed by atoms with Crippen molar-refractivity contribution in [2.75, 3.05) is 18.0 Å². The monoisotopic (exact) mass is 428 g/mol. The Hall–Kier alpha value is -2.74. The molecule has 1 saturated heterocycles. The van der Waals surface area contributed by atoms with Crippen LogP contribution in [0.5, 0.6) is 0 Å². The second-order valence-corrected chi connectivity index (χ2v) is 8.66. The van der Waals surface area contributed by atoms with Gasteiger partial charge in [0.25, 0.3) is 5.56 Å². The number of amides is 1. The van der Waals surface area contributed by atoms with Crippen LogP contribution < -0.4 is 15.8 Å². The fraction of sp³-hybridized carbons (Fsp3) is 0.409. The van der Waals surface area contributed by atoms with Crippen molar-refractivity contribution in [2.45, 2.75) is 39.2 Å². The number of H-pyrrole nitrogens is 1. The Bertz CT molecular complexity index is 1120. The van der Waals surface area contributed by atoms with Crippen LogP contribution in [0.25, 0.3) is 21.3 Å². The van der Waals surface area contributed by atoms with Gasteiger partial charge in [-0.05, 0) is 32.3 Å². The smallest absolute Gasteiger partial charge is 0.270 e. The predicted octanol–water partition coefficient (Wildman–Crippen LogP) is 3.92. The topological polar surface area (TPSA) is 78.1 Å². The number of hydrogen-bond acceptors (Lipinski definition) is 5. The number of nitrogens with zero attached hydrogens (tertiary/aromatic N) is 2. The number of anilines is 1. The second-order valence-electron chi connectivity index (χ2n) is 7.78. The third-order valence-corrected chi connectivity index (χ3v) is 6.71. The zero-order valence-corrected chi connectivity index (χ0v) is 17.9. The van der Waals surface area contributed by atoms with Crippen molar-refractivity contribution >= 4 is 33.4 Å². The van der Waals surface area contributed by atoms with Crippen molar-refractivity contribution in [3.63, 3.8) is 0 Å². The van der Waals surface area contributed by atoms with E-state index in [4.69, 9.17) is 0 Å². The van der Waals surface area contributed by atoms with Gasteiger partial charge in [0.1, 0.15) is 10.5 Å². The maximum absolute atomic E-state index is 14.3. The summed E-state index contributed by atoms with van der Waals surface area (Å²) in [5.41, 5.74) is 1.36. The van der Waals surface area contributed by atoms with Crippen molar-refractivity contribution in [1.82, 2.24) is 15.3 Å². The summed E-state index contributed by atoms with van der Waals surface area (Å²) in [6.45, 7) is 5.31. The number of aromatic amines is 1. The van der Waals surface area contributed by atoms with Gasteiger partial charge in [-0.1, -0.05) is 25.1 Å². The first-order valence-corrected chi connectivity index (χ1v) is 11.2. The van der Waals surface area contributed by atoms with Crippen molar-refractivity contribution in [3.8, 4) is 11.1 Å². The number of nitrogens with one attached hydrogen (secondary N) is 2. The SMILES string of the molecule is CC[C@H](C)NC(=O)C1CCN(c2nc3c(-c4ccccc4F)csc3c(=O)[nH]2)CC1. The Kier molecular flexibility index (Phi) is 5.85. The highest BCUT2D eigenvalue weighted by molar-refractivity contribution is 7.17. The largest absolute Gasteiger partial charge is 0.353 e. The Morgan fingerprint density at radius 2 is 2.07 bits per heavy atom. The molecule has 0 spiro atoms. The van der Waals surface area contributed by atoms with Crippen LogP contribution in [0, 0.1) is 11.7 Å². The minimum atomic E-state index is -0.339. The Balaban J connectivity index is 1.57. The first-order chi connectivity index (χ1) is 14.5. The molecule has 2 N–H and O–H groups in total. The summed E-state index contributed by atoms with van der Waals surface area (Å²) in [4.78, 5) is 34.6. The number of fused-ring (bicyclic) bond motifs is 1. The number of hydrogen-bond donors (Lipinski definition) is 2. The zero-order chi connectivity index (χ0) is 21.3. The molecule has 158 valence electrons. The molecule has 1 fully saturated rings. The normalized spacial score (nSPS) is 16.0. The van der Waals surface area contributed by atoms with Gasteiger partial charge in [-0.2, -0.15) is 0 Å². The molecule has 2 aromatic heterocycles. The standard InChI is InChI=1S/C22H25FN4O2S/c1-3-13(2)24-20(28)14-8-10-27(11-9-14)22-25-18-16(12-30-19(18)21(29)26-22)15-6-4-5-7-17(15)23/h4-7,12-14H,3,8-11H2,1-2H3,(H,24,28)(H,25,26,29)/t13-/m0/s1. The molecule has 1 aromatic carbocycles. The molecule has 3 heterocycles. The van der Waals surface area contributed by atoms with Crippen molar-refractivity contribution in [3.05, 3.63) is 45.8 Å². The first kappa shape index (κ1) is 20.5. The van der Waals surface area contributed by atoms with Crippen LogP contribution in [0.2, 0.25) is 0 Å². The van der Waals surface area contributed by atoms with E-state index >= 15 is 0 Å². The van der Waals surface area contributed by atoms with Crippen molar-refractivity contribution in [1.29, 1.82) is 0 Å². The Labute approximate surface area is 178 Å². The average molecular weight is 429 g/mol. The summed E-state index contributed by atoms with van der Waals surface area (Å²) < 4.78 is 14.8. The van der Waals surface area contributed by atoms with E-state index in [2.05, 4.69) is 15.3 Å². The van der Waals surface area contributed by atoms with Crippen molar-refractivity contribution < 1.29 is 9.18 Å². The fourth-order valence-corrected chi connectivity index (χ4v) is 4.65. The summed E-state index contributed by atoms with van der Waals surface area (Å²) in [5, 5.41) is 4.83. The molecule has 0 radical (unpaired) electrons. The van der Waals surface area contributed by atoms with Crippen LogP contribution in [0.4, 0.5) is 10.3 Å². The summed E-state index contributed by atoms with van der Waals surface area (Å²) in [6.07, 6.45) is 2.31. The lowest BCUT2D eigenvalue weighted by Crippen LogP contribution is -2.43. The number of aromatic nitrogens is 2. The number of halogens is 1. The van der Waals surface area contributed by atoms with E-state index in [1.165, 1.54) is 17.4 Å². The lowest BCUT2D eigenvalue weighted by Gasteiger charge is -2.32. The summed E-state index contributed by atoms with van der Waals surface area (Å²) in [6, 6.07) is 6.68. The maximum atomic E-state index is 14.3. The predicted molar refractivity (Wildman–Crippen MR) is 118 cm³/mol. The molecule has 4 rings (SSSR count). The molecule has 1 atom stereocenters. The van der Waals surface area contributed by atoms with Crippen LogP contribution in [0.15, 0.2) is 34.4 Å². The molecule has 1 aliphatic heterocycles. The van der Waals surface area contributed by atoms with E-state index in [0.29, 0.717) is 53.2 Å². The highest BCUT2D eigenvalue weighted by Gasteiger charge is 2.27. The average Bonchev–Trinajstić information content (AvgIpc) is 3.18. The molecule has 30 heavy (non-hydrogen) atoms. The van der Waals surface area contributed by atoms with Gasteiger partial charge in [-0.15, -0.1) is 11.3 Å². The van der Waals surface area contributed by atoms with Gasteiger partial charge in [0.15, 0.2) is 0 Å². The summed E-state index contributed by atoms with van der Waals surface area (Å²) in [5.74, 6) is 0.208. The molecule has 3 aromatic rings. The van der Waals surface area contributed by atoms with Gasteiger partial charge in [0.05, 0.1) is 5.52 Å². The molecule has 0 bridgehead atoms. The molecule has 6 nitrogen and oxygen atoms in total. The number of carbonyl (C=O) groups is 1. The number of thiophene rings is 1. The van der Waals surface area contributed by atoms with Crippen LogP contribution in [0.1, 0.15) is 33.1 Å². The molecule has 0 saturated carbocycles. The fourth-order valence-electron chi connectivity index (χ4n) is 3.75. The number of carbonyl (C=O) groups excluding carboxylic acids is 1. The summed E-state index contributed by atoms with van der Waals surface area (Å²) >= 11 is 1.27. The highest BCUT2D eigenvalue weighted by Crippen LogP contribution is 2.33. The minimum Gasteiger partial charge on any atom is -0.353 e. The zero-order valence-electron chi connectivity index (χ0n) is 17.1. The van der Waals surface area contributed by atoms with Crippen LogP contribution in [-0.2, 0) is 4.79 Å². The van der Waals surface area contributed by atoms with Gasteiger partial charge < -0.3 is 10.2 Å². The molecule has 0 unspecified atom stereocenters. The van der Waals surface area contributed by atoms with E-state index in [0.717, 1.165) is 6.42 Å². The molecule has 1 amide bonds. The van der Waals surface area contributed by atoms with Crippen LogP contribution >= 0.6 is 11.3 Å². The quantitative estimate of drug-likeness (QED) is 0.646. The van der Waals surface area contributed by atoms with Gasteiger partial charge in [-0.25, -0.2) is 9.37 Å². The Morgan fingerprint density at radius 3 is 2.77 bits per heavy atom. The second kappa shape index (κ2) is 8.55. The van der Waals surface area contributed by atoms with Gasteiger partial charge in [0, 0.05) is 41.6 Å². The van der Waals surface area contributed by atoms with Gasteiger partial charge in [-0.3, -0.25) is 14.6 Å². The highest BCUT2D eigenvalue weighted by atomic mass is 32.1. The number of piperidine rings is 1. The molecule has 0 aliphatic carbocycles. The van der Waals surface area contributed by atoms with E-state index in [9.17, 15) is 14.0 Å². The third kappa shape index (κ3) is 3.96. The van der Waals surface area contributed by atoms with E-state index in [-0.39, 0.29) is 29.2 Å². The first-order valence-electron chi connectivity index (χ1n) is 10.3. The third-order valence-electron chi connectivity index (χ3n) is 5.74. The molecule has 8 heteroatoms. The van der Waals surface area contributed by atoms with Crippen LogP contribution in [-0.4, -0.2) is 35.0 Å². The van der Waals surface area contributed by atoms with Crippen LogP contribution in [0.3, 0.4) is 0 Å². The van der Waals surface area contributed by atoms with Crippen molar-refractivity contribution in [2.24, 2.45) is 5.92 Å². The molecular weight excluding hydrogens is 403 g/mol. The lowest BCUT2D eigenvalue weighted by atomic mass is 9.95. The van der Waals surface area contributed by atoms with E-state index in [1.54, 1.807) is 23.6 Å². The van der Waals surface area contributed by atoms with E-state index in [1.807, 2.05) is 18.7 Å². The lowest BCUT2D eigenvalue weighted by molar-refractivity contribution is -0.126. The molecular formula is C22H25FN4O2S. The Morgan fingerprint density at radius 1 is 1.33 bits per heavy atom. The number of rotatable bonds is 5. The minimum absolute atomic E-state index is 0.0270. The van der Waals surface area contributed by atoms with Gasteiger partial charge in [0.2, 0.25) is 11.9 Å². The van der Waals surface area contributed by atoms with Gasteiger partial charge >= 0.3 is 0 Å². The summed E-state index contributed by atoms with van der Waals surface area (Å²) in [7, 11) is 0.